The first kappa shape index (κ1) is 14.0. The van der Waals surface area contributed by atoms with Crippen molar-refractivity contribution in [2.24, 2.45) is 5.92 Å². The van der Waals surface area contributed by atoms with E-state index in [4.69, 9.17) is 0 Å². The number of piperidine rings is 1. The van der Waals surface area contributed by atoms with Gasteiger partial charge in [0.25, 0.3) is 0 Å². The molecule has 3 heterocycles. The number of carboxylic acids is 1. The van der Waals surface area contributed by atoms with Crippen LogP contribution in [-0.2, 0) is 6.42 Å². The SMILES string of the molecule is CCN1CCCC(Cc2nnc3c(C(=O)O)cccn23)C1. The lowest BCUT2D eigenvalue weighted by molar-refractivity contribution is 0.0698. The number of likely N-dealkylation sites (tertiary alicyclic amines) is 1. The van der Waals surface area contributed by atoms with Crippen LogP contribution in [0, 0.1) is 5.92 Å². The zero-order valence-corrected chi connectivity index (χ0v) is 12.2. The maximum absolute atomic E-state index is 11.2. The number of aromatic nitrogens is 3. The average molecular weight is 288 g/mol. The van der Waals surface area contributed by atoms with Crippen molar-refractivity contribution in [1.29, 1.82) is 0 Å². The van der Waals surface area contributed by atoms with Crippen molar-refractivity contribution >= 4 is 11.6 Å². The minimum absolute atomic E-state index is 0.204. The van der Waals surface area contributed by atoms with Crippen molar-refractivity contribution in [3.05, 3.63) is 29.7 Å². The van der Waals surface area contributed by atoms with Crippen LogP contribution >= 0.6 is 0 Å². The summed E-state index contributed by atoms with van der Waals surface area (Å²) in [6.07, 6.45) is 5.11. The van der Waals surface area contributed by atoms with Gasteiger partial charge in [0.05, 0.1) is 0 Å². The Morgan fingerprint density at radius 2 is 2.33 bits per heavy atom. The third kappa shape index (κ3) is 2.76. The van der Waals surface area contributed by atoms with Crippen LogP contribution in [0.4, 0.5) is 0 Å². The lowest BCUT2D eigenvalue weighted by atomic mass is 9.94. The summed E-state index contributed by atoms with van der Waals surface area (Å²) in [6, 6.07) is 3.30. The molecule has 0 amide bonds. The van der Waals surface area contributed by atoms with E-state index in [1.165, 1.54) is 19.4 Å². The summed E-state index contributed by atoms with van der Waals surface area (Å²) in [7, 11) is 0. The smallest absolute Gasteiger partial charge is 0.339 e. The fourth-order valence-corrected chi connectivity index (χ4v) is 3.13. The first-order valence-electron chi connectivity index (χ1n) is 7.47. The van der Waals surface area contributed by atoms with Gasteiger partial charge in [-0.1, -0.05) is 6.92 Å². The summed E-state index contributed by atoms with van der Waals surface area (Å²) in [5, 5.41) is 17.5. The Balaban J connectivity index is 1.85. The molecule has 1 N–H and O–H groups in total. The molecule has 1 atom stereocenters. The molecule has 1 fully saturated rings. The van der Waals surface area contributed by atoms with Crippen LogP contribution in [0.2, 0.25) is 0 Å². The van der Waals surface area contributed by atoms with Crippen LogP contribution in [0.3, 0.4) is 0 Å². The van der Waals surface area contributed by atoms with E-state index in [-0.39, 0.29) is 5.56 Å². The van der Waals surface area contributed by atoms with Gasteiger partial charge in [0.2, 0.25) is 0 Å². The lowest BCUT2D eigenvalue weighted by Gasteiger charge is -2.31. The number of rotatable bonds is 4. The van der Waals surface area contributed by atoms with Crippen molar-refractivity contribution in [3.63, 3.8) is 0 Å². The van der Waals surface area contributed by atoms with Gasteiger partial charge in [0, 0.05) is 19.2 Å². The second-order valence-electron chi connectivity index (χ2n) is 5.64. The number of aromatic carboxylic acids is 1. The summed E-state index contributed by atoms with van der Waals surface area (Å²) < 4.78 is 1.81. The van der Waals surface area contributed by atoms with E-state index >= 15 is 0 Å². The van der Waals surface area contributed by atoms with Crippen LogP contribution < -0.4 is 0 Å². The highest BCUT2D eigenvalue weighted by Gasteiger charge is 2.22. The first-order valence-corrected chi connectivity index (χ1v) is 7.47. The third-order valence-electron chi connectivity index (χ3n) is 4.26. The Morgan fingerprint density at radius 3 is 3.10 bits per heavy atom. The Hall–Kier alpha value is -1.95. The molecule has 2 aromatic heterocycles. The number of carboxylic acid groups (broad SMARTS) is 1. The van der Waals surface area contributed by atoms with Gasteiger partial charge < -0.3 is 10.0 Å². The van der Waals surface area contributed by atoms with Crippen LogP contribution in [0.25, 0.3) is 5.65 Å². The second kappa shape index (κ2) is 5.81. The Kier molecular flexibility index (Phi) is 3.88. The van der Waals surface area contributed by atoms with E-state index in [1.54, 1.807) is 12.1 Å². The predicted octanol–water partition coefficient (Wildman–Crippen LogP) is 1.70. The fraction of sp³-hybridized carbons (Fsp3) is 0.533. The molecule has 1 aliphatic heterocycles. The molecule has 0 saturated carbocycles. The molecular formula is C15H20N4O2. The molecule has 6 heteroatoms. The van der Waals surface area contributed by atoms with Crippen molar-refractivity contribution in [2.45, 2.75) is 26.2 Å². The van der Waals surface area contributed by atoms with E-state index < -0.39 is 5.97 Å². The molecule has 0 spiro atoms. The molecule has 112 valence electrons. The number of carbonyl (C=O) groups is 1. The maximum atomic E-state index is 11.2. The van der Waals surface area contributed by atoms with E-state index in [2.05, 4.69) is 22.0 Å². The Morgan fingerprint density at radius 1 is 1.48 bits per heavy atom. The highest BCUT2D eigenvalue weighted by molar-refractivity contribution is 5.94. The molecule has 0 aliphatic carbocycles. The Bertz CT molecular complexity index is 652. The van der Waals surface area contributed by atoms with Gasteiger partial charge in [-0.05, 0) is 44.0 Å². The lowest BCUT2D eigenvalue weighted by Crippen LogP contribution is -2.36. The van der Waals surface area contributed by atoms with Crippen molar-refractivity contribution in [3.8, 4) is 0 Å². The van der Waals surface area contributed by atoms with Gasteiger partial charge in [-0.3, -0.25) is 4.40 Å². The van der Waals surface area contributed by atoms with E-state index in [1.807, 2.05) is 10.6 Å². The summed E-state index contributed by atoms with van der Waals surface area (Å²) in [5.74, 6) is 0.463. The number of fused-ring (bicyclic) bond motifs is 1. The molecule has 2 aromatic rings. The number of nitrogens with zero attached hydrogens (tertiary/aromatic N) is 4. The fourth-order valence-electron chi connectivity index (χ4n) is 3.13. The predicted molar refractivity (Wildman–Crippen MR) is 78.5 cm³/mol. The number of pyridine rings is 1. The maximum Gasteiger partial charge on any atom is 0.339 e. The zero-order valence-electron chi connectivity index (χ0n) is 12.2. The van der Waals surface area contributed by atoms with Gasteiger partial charge >= 0.3 is 5.97 Å². The first-order chi connectivity index (χ1) is 10.2. The molecular weight excluding hydrogens is 268 g/mol. The van der Waals surface area contributed by atoms with Gasteiger partial charge in [0.1, 0.15) is 11.4 Å². The molecule has 3 rings (SSSR count). The summed E-state index contributed by atoms with van der Waals surface area (Å²) in [6.45, 7) is 5.54. The minimum atomic E-state index is -0.964. The summed E-state index contributed by atoms with van der Waals surface area (Å²) >= 11 is 0. The normalized spacial score (nSPS) is 20.0. The van der Waals surface area contributed by atoms with Crippen molar-refractivity contribution < 1.29 is 9.90 Å². The second-order valence-corrected chi connectivity index (χ2v) is 5.64. The molecule has 21 heavy (non-hydrogen) atoms. The molecule has 1 aliphatic rings. The molecule has 1 saturated heterocycles. The molecule has 6 nitrogen and oxygen atoms in total. The molecule has 0 aromatic carbocycles. The minimum Gasteiger partial charge on any atom is -0.478 e. The van der Waals surface area contributed by atoms with Crippen LogP contribution in [0.15, 0.2) is 18.3 Å². The van der Waals surface area contributed by atoms with Gasteiger partial charge in [-0.2, -0.15) is 0 Å². The van der Waals surface area contributed by atoms with Crippen LogP contribution in [0.1, 0.15) is 35.9 Å². The average Bonchev–Trinajstić information content (AvgIpc) is 2.90. The zero-order chi connectivity index (χ0) is 14.8. The van der Waals surface area contributed by atoms with Crippen molar-refractivity contribution in [2.75, 3.05) is 19.6 Å². The topological polar surface area (TPSA) is 70.7 Å². The monoisotopic (exact) mass is 288 g/mol. The van der Waals surface area contributed by atoms with E-state index in [9.17, 15) is 9.90 Å². The standard InChI is InChI=1S/C15H20N4O2/c1-2-18-7-3-5-11(10-18)9-13-16-17-14-12(15(20)21)6-4-8-19(13)14/h4,6,8,11H,2-3,5,7,9-10H2,1H3,(H,20,21). The largest absolute Gasteiger partial charge is 0.478 e. The van der Waals surface area contributed by atoms with Crippen LogP contribution in [-0.4, -0.2) is 50.2 Å². The Labute approximate surface area is 123 Å². The molecule has 0 radical (unpaired) electrons. The molecule has 1 unspecified atom stereocenters. The van der Waals surface area contributed by atoms with Gasteiger partial charge in [-0.15, -0.1) is 10.2 Å². The number of hydrogen-bond donors (Lipinski definition) is 1. The van der Waals surface area contributed by atoms with E-state index in [0.29, 0.717) is 11.6 Å². The van der Waals surface area contributed by atoms with Crippen molar-refractivity contribution in [1.82, 2.24) is 19.5 Å². The summed E-state index contributed by atoms with van der Waals surface area (Å²) in [4.78, 5) is 13.7. The quantitative estimate of drug-likeness (QED) is 0.927. The van der Waals surface area contributed by atoms with Crippen LogP contribution in [0.5, 0.6) is 0 Å². The van der Waals surface area contributed by atoms with E-state index in [0.717, 1.165) is 25.3 Å². The van der Waals surface area contributed by atoms with Gasteiger partial charge in [-0.25, -0.2) is 4.79 Å². The number of hydrogen-bond acceptors (Lipinski definition) is 4. The highest BCUT2D eigenvalue weighted by Crippen LogP contribution is 2.21. The van der Waals surface area contributed by atoms with Gasteiger partial charge in [0.15, 0.2) is 5.65 Å². The molecule has 0 bridgehead atoms. The summed E-state index contributed by atoms with van der Waals surface area (Å²) in [5.41, 5.74) is 0.637. The highest BCUT2D eigenvalue weighted by atomic mass is 16.4. The third-order valence-corrected chi connectivity index (χ3v) is 4.26.